The van der Waals surface area contributed by atoms with Crippen LogP contribution in [0.15, 0.2) is 36.4 Å². The molecule has 27 heavy (non-hydrogen) atoms. The molecule has 0 aliphatic heterocycles. The molecule has 9 heteroatoms. The number of benzene rings is 2. The molecule has 0 saturated heterocycles. The third-order valence-corrected chi connectivity index (χ3v) is 3.65. The number of terminal acetylenes is 1. The molecule has 1 amide bonds. The Morgan fingerprint density at radius 1 is 1.30 bits per heavy atom. The summed E-state index contributed by atoms with van der Waals surface area (Å²) in [5, 5.41) is 10.7. The first-order valence-corrected chi connectivity index (χ1v) is 7.56. The van der Waals surface area contributed by atoms with E-state index in [9.17, 15) is 22.4 Å². The normalized spacial score (nSPS) is 10.9. The van der Waals surface area contributed by atoms with Crippen molar-refractivity contribution in [3.63, 3.8) is 0 Å². The quantitative estimate of drug-likeness (QED) is 0.413. The van der Waals surface area contributed by atoms with Crippen molar-refractivity contribution in [2.45, 2.75) is 12.7 Å². The molecule has 0 heterocycles. The third-order valence-electron chi connectivity index (χ3n) is 3.65. The fourth-order valence-corrected chi connectivity index (χ4v) is 2.45. The van der Waals surface area contributed by atoms with E-state index in [-0.39, 0.29) is 30.0 Å². The molecule has 0 aliphatic carbocycles. The lowest BCUT2D eigenvalue weighted by atomic mass is 10.1. The van der Waals surface area contributed by atoms with Gasteiger partial charge >= 0.3 is 12.3 Å². The largest absolute Gasteiger partial charge is 0.465 e. The van der Waals surface area contributed by atoms with E-state index >= 15 is 0 Å². The van der Waals surface area contributed by atoms with E-state index in [2.05, 4.69) is 5.92 Å². The zero-order chi connectivity index (χ0) is 20.2. The first kappa shape index (κ1) is 19.9. The van der Waals surface area contributed by atoms with Gasteiger partial charge in [0.15, 0.2) is 5.82 Å². The molecule has 2 aromatic carbocycles. The summed E-state index contributed by atoms with van der Waals surface area (Å²) in [6, 6.07) is 7.09. The Morgan fingerprint density at radius 3 is 2.59 bits per heavy atom. The molecule has 2 aromatic rings. The van der Waals surface area contributed by atoms with Gasteiger partial charge in [-0.05, 0) is 29.8 Å². The second-order valence-corrected chi connectivity index (χ2v) is 5.55. The topological polar surface area (TPSA) is 78.6 Å². The van der Waals surface area contributed by atoms with E-state index < -0.39 is 29.3 Å². The van der Waals surface area contributed by atoms with Gasteiger partial charge < -0.3 is 15.7 Å². The van der Waals surface area contributed by atoms with Crippen molar-refractivity contribution in [2.24, 2.45) is 0 Å². The maximum atomic E-state index is 14.6. The second kappa shape index (κ2) is 7.86. The van der Waals surface area contributed by atoms with Gasteiger partial charge in [0.05, 0.1) is 29.2 Å². The number of rotatable bonds is 5. The number of nitrogens with two attached hydrogens (primary N) is 1. The average Bonchev–Trinajstić information content (AvgIpc) is 2.58. The number of anilines is 3. The highest BCUT2D eigenvalue weighted by molar-refractivity contribution is 5.88. The summed E-state index contributed by atoms with van der Waals surface area (Å²) in [4.78, 5) is 12.0. The predicted molar refractivity (Wildman–Crippen MR) is 93.8 cm³/mol. The number of carboxylic acid groups (broad SMARTS) is 1. The number of nitrogen functional groups attached to an aromatic ring is 1. The second-order valence-electron chi connectivity index (χ2n) is 5.55. The summed E-state index contributed by atoms with van der Waals surface area (Å²) < 4.78 is 53.2. The third kappa shape index (κ3) is 4.82. The minimum absolute atomic E-state index is 0.0567. The Bertz CT molecular complexity index is 891. The van der Waals surface area contributed by atoms with E-state index in [0.717, 1.165) is 12.1 Å². The van der Waals surface area contributed by atoms with Crippen LogP contribution in [0.3, 0.4) is 0 Å². The van der Waals surface area contributed by atoms with E-state index in [4.69, 9.17) is 17.3 Å². The summed E-state index contributed by atoms with van der Waals surface area (Å²) in [5.41, 5.74) is 4.40. The monoisotopic (exact) mass is 381 g/mol. The van der Waals surface area contributed by atoms with E-state index in [1.165, 1.54) is 29.2 Å². The van der Waals surface area contributed by atoms with Gasteiger partial charge in [-0.25, -0.2) is 9.18 Å². The van der Waals surface area contributed by atoms with Crippen molar-refractivity contribution < 1.29 is 27.5 Å². The molecular formula is C18H15F4N3O2. The number of alkyl halides is 3. The van der Waals surface area contributed by atoms with Crippen molar-refractivity contribution in [3.8, 4) is 12.3 Å². The lowest BCUT2D eigenvalue weighted by Gasteiger charge is -2.24. The Labute approximate surface area is 152 Å². The number of carbonyl (C=O) groups is 1. The highest BCUT2D eigenvalue weighted by atomic mass is 19.4. The number of halogens is 4. The molecule has 0 aliphatic rings. The van der Waals surface area contributed by atoms with Crippen LogP contribution in [0.4, 0.5) is 39.4 Å². The van der Waals surface area contributed by atoms with Crippen LogP contribution < -0.4 is 16.0 Å². The van der Waals surface area contributed by atoms with Gasteiger partial charge in [-0.2, -0.15) is 13.2 Å². The van der Waals surface area contributed by atoms with Crippen LogP contribution in [0.5, 0.6) is 0 Å². The number of amides is 1. The van der Waals surface area contributed by atoms with Gasteiger partial charge in [-0.1, -0.05) is 18.1 Å². The van der Waals surface area contributed by atoms with Gasteiger partial charge in [0.1, 0.15) is 0 Å². The molecule has 0 unspecified atom stereocenters. The minimum Gasteiger partial charge on any atom is -0.465 e. The molecule has 0 atom stereocenters. The SMILES string of the molecule is C#CCN(Cc1cccc(C(F)(F)F)c1)c1ccc(NC(=O)O)c(N)c1F. The van der Waals surface area contributed by atoms with E-state index in [0.29, 0.717) is 0 Å². The van der Waals surface area contributed by atoms with Crippen LogP contribution in [-0.4, -0.2) is 17.7 Å². The Balaban J connectivity index is 2.37. The summed E-state index contributed by atoms with van der Waals surface area (Å²) in [6.45, 7) is -0.200. The molecular weight excluding hydrogens is 366 g/mol. The summed E-state index contributed by atoms with van der Waals surface area (Å²) in [6.07, 6.45) is -0.637. The van der Waals surface area contributed by atoms with Gasteiger partial charge in [0.2, 0.25) is 0 Å². The average molecular weight is 381 g/mol. The van der Waals surface area contributed by atoms with Crippen molar-refractivity contribution in [1.29, 1.82) is 0 Å². The highest BCUT2D eigenvalue weighted by Crippen LogP contribution is 2.33. The zero-order valence-electron chi connectivity index (χ0n) is 13.8. The number of hydrogen-bond donors (Lipinski definition) is 3. The first-order valence-electron chi connectivity index (χ1n) is 7.56. The fourth-order valence-electron chi connectivity index (χ4n) is 2.45. The Kier molecular flexibility index (Phi) is 5.80. The maximum Gasteiger partial charge on any atom is 0.416 e. The number of nitrogens with one attached hydrogen (secondary N) is 1. The fraction of sp³-hybridized carbons (Fsp3) is 0.167. The molecule has 2 rings (SSSR count). The summed E-state index contributed by atoms with van der Waals surface area (Å²) in [5.74, 6) is 1.38. The summed E-state index contributed by atoms with van der Waals surface area (Å²) >= 11 is 0. The highest BCUT2D eigenvalue weighted by Gasteiger charge is 2.30. The van der Waals surface area contributed by atoms with Gasteiger partial charge in [0, 0.05) is 6.54 Å². The van der Waals surface area contributed by atoms with Crippen LogP contribution in [0.25, 0.3) is 0 Å². The van der Waals surface area contributed by atoms with Crippen LogP contribution >= 0.6 is 0 Å². The predicted octanol–water partition coefficient (Wildman–Crippen LogP) is 4.16. The molecule has 0 bridgehead atoms. The lowest BCUT2D eigenvalue weighted by Crippen LogP contribution is -2.25. The molecule has 5 nitrogen and oxygen atoms in total. The molecule has 4 N–H and O–H groups in total. The standard InChI is InChI=1S/C18H15F4N3O2/c1-2-8-25(10-11-4-3-5-12(9-11)18(20,21)22)14-7-6-13(24-17(26)27)16(23)15(14)19/h1,3-7,9,24H,8,10,23H2,(H,26,27). The van der Waals surface area contributed by atoms with Gasteiger partial charge in [0.25, 0.3) is 0 Å². The molecule has 0 aromatic heterocycles. The first-order chi connectivity index (χ1) is 12.6. The maximum absolute atomic E-state index is 14.6. The van der Waals surface area contributed by atoms with Crippen molar-refractivity contribution in [3.05, 3.63) is 53.3 Å². The smallest absolute Gasteiger partial charge is 0.416 e. The number of hydrogen-bond acceptors (Lipinski definition) is 3. The number of nitrogens with zero attached hydrogens (tertiary/aromatic N) is 1. The Morgan fingerprint density at radius 2 is 2.00 bits per heavy atom. The van der Waals surface area contributed by atoms with Gasteiger partial charge in [-0.15, -0.1) is 6.42 Å². The van der Waals surface area contributed by atoms with Crippen LogP contribution in [-0.2, 0) is 12.7 Å². The van der Waals surface area contributed by atoms with Crippen molar-refractivity contribution in [1.82, 2.24) is 0 Å². The molecule has 0 saturated carbocycles. The zero-order valence-corrected chi connectivity index (χ0v) is 13.8. The van der Waals surface area contributed by atoms with Crippen LogP contribution in [0.2, 0.25) is 0 Å². The van der Waals surface area contributed by atoms with E-state index in [1.54, 1.807) is 0 Å². The lowest BCUT2D eigenvalue weighted by molar-refractivity contribution is -0.137. The molecule has 0 fully saturated rings. The van der Waals surface area contributed by atoms with Crippen molar-refractivity contribution in [2.75, 3.05) is 22.5 Å². The molecule has 142 valence electrons. The molecule has 0 radical (unpaired) electrons. The van der Waals surface area contributed by atoms with E-state index in [1.807, 2.05) is 5.32 Å². The Hall–Kier alpha value is -3.41. The van der Waals surface area contributed by atoms with Crippen LogP contribution in [0.1, 0.15) is 11.1 Å². The summed E-state index contributed by atoms with van der Waals surface area (Å²) in [7, 11) is 0. The minimum atomic E-state index is -4.51. The van der Waals surface area contributed by atoms with Gasteiger partial charge in [-0.3, -0.25) is 5.32 Å². The molecule has 0 spiro atoms. The van der Waals surface area contributed by atoms with Crippen LogP contribution in [0, 0.1) is 18.2 Å². The van der Waals surface area contributed by atoms with Crippen molar-refractivity contribution >= 4 is 23.2 Å².